The van der Waals surface area contributed by atoms with E-state index in [9.17, 15) is 10.1 Å². The zero-order valence-electron chi connectivity index (χ0n) is 8.10. The van der Waals surface area contributed by atoms with Gasteiger partial charge in [-0.2, -0.15) is 0 Å². The van der Waals surface area contributed by atoms with Crippen LogP contribution in [0.5, 0.6) is 11.5 Å². The molecule has 2 aliphatic rings. The third kappa shape index (κ3) is 1.18. The van der Waals surface area contributed by atoms with Crippen LogP contribution in [-0.4, -0.2) is 23.9 Å². The Kier molecular flexibility index (Phi) is 1.73. The van der Waals surface area contributed by atoms with Crippen molar-refractivity contribution in [1.82, 2.24) is 5.48 Å². The molecule has 0 saturated carbocycles. The lowest BCUT2D eigenvalue weighted by atomic mass is 10.1. The molecule has 0 unspecified atom stereocenters. The molecule has 1 N–H and O–H groups in total. The number of hydrogen-bond acceptors (Lipinski definition) is 6. The first-order valence-corrected chi connectivity index (χ1v) is 4.68. The van der Waals surface area contributed by atoms with Gasteiger partial charge in [0.25, 0.3) is 5.69 Å². The summed E-state index contributed by atoms with van der Waals surface area (Å²) in [6, 6.07) is 2.74. The first-order valence-electron chi connectivity index (χ1n) is 4.68. The predicted molar refractivity (Wildman–Crippen MR) is 53.8 cm³/mol. The van der Waals surface area contributed by atoms with Gasteiger partial charge in [0.1, 0.15) is 17.9 Å². The van der Waals surface area contributed by atoms with Crippen molar-refractivity contribution in [2.45, 2.75) is 0 Å². The van der Waals surface area contributed by atoms with E-state index in [0.29, 0.717) is 36.0 Å². The molecule has 0 aromatic heterocycles. The van der Waals surface area contributed by atoms with Crippen molar-refractivity contribution in [1.29, 1.82) is 0 Å². The summed E-state index contributed by atoms with van der Waals surface area (Å²) >= 11 is 0. The maximum Gasteiger partial charge on any atom is 0.277 e. The van der Waals surface area contributed by atoms with Crippen molar-refractivity contribution in [2.75, 3.05) is 13.2 Å². The average Bonchev–Trinajstić information content (AvgIpc) is 2.55. The monoisotopic (exact) mass is 221 g/mol. The second kappa shape index (κ2) is 3.09. The Morgan fingerprint density at radius 2 is 2.25 bits per heavy atom. The van der Waals surface area contributed by atoms with Crippen LogP contribution in [0.15, 0.2) is 17.1 Å². The number of nitrogens with zero attached hydrogens (tertiary/aromatic N) is 2. The van der Waals surface area contributed by atoms with E-state index in [2.05, 4.69) is 10.5 Å². The highest BCUT2D eigenvalue weighted by molar-refractivity contribution is 6.05. The zero-order valence-corrected chi connectivity index (χ0v) is 8.10. The van der Waals surface area contributed by atoms with E-state index in [1.54, 1.807) is 0 Å². The molecule has 0 aliphatic carbocycles. The number of nitrogens with one attached hydrogen (secondary N) is 1. The number of nitro groups is 1. The fraction of sp³-hybridized carbons (Fsp3) is 0.222. The number of hydrogen-bond donors (Lipinski definition) is 1. The average molecular weight is 221 g/mol. The van der Waals surface area contributed by atoms with E-state index in [0.717, 1.165) is 0 Å². The van der Waals surface area contributed by atoms with Crippen LogP contribution in [0.4, 0.5) is 5.69 Å². The molecule has 7 heteroatoms. The van der Waals surface area contributed by atoms with Crippen LogP contribution in [-0.2, 0) is 0 Å². The summed E-state index contributed by atoms with van der Waals surface area (Å²) in [5.41, 5.74) is 3.22. The third-order valence-electron chi connectivity index (χ3n) is 2.37. The molecule has 16 heavy (non-hydrogen) atoms. The molecule has 7 nitrogen and oxygen atoms in total. The van der Waals surface area contributed by atoms with Gasteiger partial charge >= 0.3 is 0 Å². The van der Waals surface area contributed by atoms with Crippen molar-refractivity contribution in [2.24, 2.45) is 4.99 Å². The maximum absolute atomic E-state index is 10.7. The van der Waals surface area contributed by atoms with Gasteiger partial charge in [0.05, 0.1) is 23.6 Å². The van der Waals surface area contributed by atoms with Crippen LogP contribution in [0.1, 0.15) is 5.56 Å². The largest absolute Gasteiger partial charge is 0.490 e. The van der Waals surface area contributed by atoms with Crippen LogP contribution in [0.3, 0.4) is 0 Å². The minimum atomic E-state index is -0.483. The number of nitro benzene ring substituents is 1. The van der Waals surface area contributed by atoms with Gasteiger partial charge in [-0.05, 0) is 0 Å². The molecule has 0 bridgehead atoms. The predicted octanol–water partition coefficient (Wildman–Crippen LogP) is 0.631. The number of non-ortho nitro benzene ring substituents is 1. The summed E-state index contributed by atoms with van der Waals surface area (Å²) in [4.78, 5) is 19.5. The molecular weight excluding hydrogens is 214 g/mol. The van der Waals surface area contributed by atoms with Crippen LogP contribution < -0.4 is 15.1 Å². The Bertz CT molecular complexity index is 512. The Balaban J connectivity index is 2.22. The molecule has 1 aromatic rings. The molecule has 0 atom stereocenters. The molecule has 2 heterocycles. The van der Waals surface area contributed by atoms with Crippen molar-refractivity contribution in [3.63, 3.8) is 0 Å². The number of rotatable bonds is 1. The van der Waals surface area contributed by atoms with Gasteiger partial charge in [-0.3, -0.25) is 15.1 Å². The standard InChI is InChI=1S/C9H7N3O4/c13-12(14)5-3-6-8-7(4-5)16-11-9(8)10-1-2-15-6/h3-4H,1-2H2,(H,10,11). The number of hydroxylamine groups is 1. The number of amidine groups is 1. The van der Waals surface area contributed by atoms with Crippen LogP contribution >= 0.6 is 0 Å². The summed E-state index contributed by atoms with van der Waals surface area (Å²) in [5.74, 6) is 1.38. The van der Waals surface area contributed by atoms with E-state index < -0.39 is 4.92 Å². The van der Waals surface area contributed by atoms with Gasteiger partial charge in [0.2, 0.25) is 0 Å². The number of benzene rings is 1. The fourth-order valence-corrected chi connectivity index (χ4v) is 1.69. The molecule has 0 saturated heterocycles. The lowest BCUT2D eigenvalue weighted by molar-refractivity contribution is -0.385. The van der Waals surface area contributed by atoms with Crippen molar-refractivity contribution >= 4 is 11.5 Å². The lowest BCUT2D eigenvalue weighted by Crippen LogP contribution is -2.19. The number of ether oxygens (including phenoxy) is 1. The Labute approximate surface area is 89.8 Å². The zero-order chi connectivity index (χ0) is 11.1. The molecule has 0 spiro atoms. The van der Waals surface area contributed by atoms with Gasteiger partial charge in [0.15, 0.2) is 11.6 Å². The summed E-state index contributed by atoms with van der Waals surface area (Å²) in [7, 11) is 0. The van der Waals surface area contributed by atoms with E-state index >= 15 is 0 Å². The summed E-state index contributed by atoms with van der Waals surface area (Å²) < 4.78 is 5.39. The van der Waals surface area contributed by atoms with Crippen molar-refractivity contribution in [3.8, 4) is 11.5 Å². The maximum atomic E-state index is 10.7. The Hall–Kier alpha value is -2.31. The van der Waals surface area contributed by atoms with E-state index in [-0.39, 0.29) is 5.69 Å². The highest BCUT2D eigenvalue weighted by Gasteiger charge is 2.29. The first-order chi connectivity index (χ1) is 7.75. The van der Waals surface area contributed by atoms with Gasteiger partial charge in [-0.1, -0.05) is 0 Å². The third-order valence-corrected chi connectivity index (χ3v) is 2.37. The second-order valence-corrected chi connectivity index (χ2v) is 3.36. The molecule has 2 aliphatic heterocycles. The van der Waals surface area contributed by atoms with Gasteiger partial charge in [0, 0.05) is 0 Å². The minimum absolute atomic E-state index is 0.0568. The second-order valence-electron chi connectivity index (χ2n) is 3.36. The molecule has 0 amide bonds. The van der Waals surface area contributed by atoms with Gasteiger partial charge < -0.3 is 9.57 Å². The van der Waals surface area contributed by atoms with Crippen LogP contribution in [0.25, 0.3) is 0 Å². The Morgan fingerprint density at radius 1 is 1.44 bits per heavy atom. The van der Waals surface area contributed by atoms with E-state index in [4.69, 9.17) is 9.57 Å². The Morgan fingerprint density at radius 3 is 3.06 bits per heavy atom. The van der Waals surface area contributed by atoms with Crippen molar-refractivity contribution < 1.29 is 14.5 Å². The highest BCUT2D eigenvalue weighted by atomic mass is 16.7. The van der Waals surface area contributed by atoms with Crippen LogP contribution in [0, 0.1) is 10.1 Å². The summed E-state index contributed by atoms with van der Waals surface area (Å²) in [6.45, 7) is 0.895. The number of aliphatic imine (C=N–C) groups is 1. The van der Waals surface area contributed by atoms with Gasteiger partial charge in [-0.25, -0.2) is 5.48 Å². The van der Waals surface area contributed by atoms with E-state index in [1.165, 1.54) is 12.1 Å². The summed E-state index contributed by atoms with van der Waals surface area (Å²) in [5, 5.41) is 10.7. The smallest absolute Gasteiger partial charge is 0.277 e. The molecule has 1 aromatic carbocycles. The SMILES string of the molecule is O=[N+]([O-])c1cc2c3c(c1)ONC3=NCCO2. The molecule has 0 fully saturated rings. The quantitative estimate of drug-likeness (QED) is 0.555. The lowest BCUT2D eigenvalue weighted by Gasteiger charge is -2.04. The highest BCUT2D eigenvalue weighted by Crippen LogP contribution is 2.37. The van der Waals surface area contributed by atoms with Crippen molar-refractivity contribution in [3.05, 3.63) is 27.8 Å². The summed E-state index contributed by atoms with van der Waals surface area (Å²) in [6.07, 6.45) is 0. The molecule has 0 radical (unpaired) electrons. The molecule has 3 rings (SSSR count). The minimum Gasteiger partial charge on any atom is -0.490 e. The topological polar surface area (TPSA) is 86.0 Å². The fourth-order valence-electron chi connectivity index (χ4n) is 1.69. The van der Waals surface area contributed by atoms with Crippen LogP contribution in [0.2, 0.25) is 0 Å². The first kappa shape index (κ1) is 8.96. The normalized spacial score (nSPS) is 16.1. The molecule has 82 valence electrons. The van der Waals surface area contributed by atoms with E-state index in [1.807, 2.05) is 0 Å². The van der Waals surface area contributed by atoms with Gasteiger partial charge in [-0.15, -0.1) is 0 Å². The molecular formula is C9H7N3O4.